The summed E-state index contributed by atoms with van der Waals surface area (Å²) in [6, 6.07) is 4.60. The van der Waals surface area contributed by atoms with Gasteiger partial charge in [0.15, 0.2) is 0 Å². The highest BCUT2D eigenvalue weighted by atomic mass is 16.5. The van der Waals surface area contributed by atoms with Gasteiger partial charge in [0.25, 0.3) is 0 Å². The summed E-state index contributed by atoms with van der Waals surface area (Å²) >= 11 is 0. The summed E-state index contributed by atoms with van der Waals surface area (Å²) < 4.78 is 4.78. The number of hydrogen-bond donors (Lipinski definition) is 2. The van der Waals surface area contributed by atoms with Crippen LogP contribution in [0.15, 0.2) is 18.2 Å². The maximum atomic E-state index is 11.2. The van der Waals surface area contributed by atoms with E-state index >= 15 is 0 Å². The molecule has 24 heavy (non-hydrogen) atoms. The van der Waals surface area contributed by atoms with Gasteiger partial charge < -0.3 is 15.2 Å². The van der Waals surface area contributed by atoms with E-state index in [-0.39, 0.29) is 18.1 Å². The fraction of sp³-hybridized carbons (Fsp3) is 0.579. The molecule has 136 valence electrons. The van der Waals surface area contributed by atoms with Crippen LogP contribution in [0.5, 0.6) is 5.75 Å². The number of amides is 1. The van der Waals surface area contributed by atoms with E-state index in [1.54, 1.807) is 19.1 Å². The number of esters is 1. The number of aromatic hydroxyl groups is 1. The largest absolute Gasteiger partial charge is 0.508 e. The highest BCUT2D eigenvalue weighted by molar-refractivity contribution is 5.89. The number of hydrogen-bond acceptors (Lipinski definition) is 4. The van der Waals surface area contributed by atoms with E-state index in [0.717, 1.165) is 0 Å². The number of phenolic OH excluding ortho intramolecular Hbond substituents is 1. The molecule has 0 aliphatic rings. The highest BCUT2D eigenvalue weighted by Gasteiger charge is 2.09. The van der Waals surface area contributed by atoms with Crippen molar-refractivity contribution in [2.75, 3.05) is 11.9 Å². The van der Waals surface area contributed by atoms with E-state index in [4.69, 9.17) is 4.74 Å². The average molecular weight is 337 g/mol. The third-order valence-electron chi connectivity index (χ3n) is 3.25. The molecule has 5 heteroatoms. The Labute approximate surface area is 145 Å². The van der Waals surface area contributed by atoms with E-state index < -0.39 is 5.97 Å². The van der Waals surface area contributed by atoms with Crippen LogP contribution in [0.4, 0.5) is 5.69 Å². The van der Waals surface area contributed by atoms with Crippen LogP contribution < -0.4 is 5.32 Å². The molecule has 0 unspecified atom stereocenters. The number of benzene rings is 1. The molecule has 1 aromatic rings. The Balaban J connectivity index is 0.000000640. The molecule has 0 aliphatic carbocycles. The summed E-state index contributed by atoms with van der Waals surface area (Å²) in [4.78, 5) is 22.0. The molecule has 0 fully saturated rings. The maximum absolute atomic E-state index is 11.2. The first-order valence-corrected chi connectivity index (χ1v) is 8.69. The van der Waals surface area contributed by atoms with Crippen LogP contribution in [0.3, 0.4) is 0 Å². The van der Waals surface area contributed by atoms with Gasteiger partial charge in [-0.15, -0.1) is 0 Å². The fourth-order valence-electron chi connectivity index (χ4n) is 2.04. The summed E-state index contributed by atoms with van der Waals surface area (Å²) in [5, 5.41) is 12.2. The van der Waals surface area contributed by atoms with Crippen molar-refractivity contribution in [1.82, 2.24) is 0 Å². The van der Waals surface area contributed by atoms with Gasteiger partial charge >= 0.3 is 5.97 Å². The molecule has 0 aromatic heterocycles. The summed E-state index contributed by atoms with van der Waals surface area (Å²) in [6.07, 6.45) is 7.02. The van der Waals surface area contributed by atoms with Gasteiger partial charge in [-0.05, 0) is 13.0 Å². The van der Waals surface area contributed by atoms with Crippen LogP contribution in [-0.4, -0.2) is 23.6 Å². The number of anilines is 1. The van der Waals surface area contributed by atoms with Gasteiger partial charge in [0.05, 0.1) is 13.0 Å². The lowest BCUT2D eigenvalue weighted by Gasteiger charge is -2.07. The van der Waals surface area contributed by atoms with E-state index in [2.05, 4.69) is 19.2 Å². The predicted molar refractivity (Wildman–Crippen MR) is 97.2 cm³/mol. The van der Waals surface area contributed by atoms with E-state index in [0.29, 0.717) is 17.9 Å². The maximum Gasteiger partial charge on any atom is 0.310 e. The standard InChI is InChI=1S/C12H15NO4.C7H16/c1-3-17-12(16)6-9-4-5-10(7-11(9)15)13-8(2)14;1-3-5-7-6-4-2/h4-5,7,15H,3,6H2,1-2H3,(H,13,14);3-7H2,1-2H3. The topological polar surface area (TPSA) is 75.6 Å². The molecule has 0 saturated carbocycles. The van der Waals surface area contributed by atoms with Crippen LogP contribution in [0.2, 0.25) is 0 Å². The molecule has 1 amide bonds. The number of nitrogens with one attached hydrogen (secondary N) is 1. The minimum Gasteiger partial charge on any atom is -0.508 e. The molecular weight excluding hydrogens is 306 g/mol. The molecule has 0 heterocycles. The van der Waals surface area contributed by atoms with Crippen molar-refractivity contribution < 1.29 is 19.4 Å². The van der Waals surface area contributed by atoms with Gasteiger partial charge in [-0.25, -0.2) is 0 Å². The van der Waals surface area contributed by atoms with Crippen molar-refractivity contribution in [3.8, 4) is 5.75 Å². The lowest BCUT2D eigenvalue weighted by molar-refractivity contribution is -0.142. The van der Waals surface area contributed by atoms with Crippen LogP contribution in [0.1, 0.15) is 65.4 Å². The zero-order valence-electron chi connectivity index (χ0n) is 15.4. The van der Waals surface area contributed by atoms with Crippen molar-refractivity contribution in [1.29, 1.82) is 0 Å². The van der Waals surface area contributed by atoms with E-state index in [9.17, 15) is 14.7 Å². The minimum absolute atomic E-state index is 0.0139. The van der Waals surface area contributed by atoms with E-state index in [1.807, 2.05) is 0 Å². The Bertz CT molecular complexity index is 496. The first kappa shape index (κ1) is 22.0. The third-order valence-corrected chi connectivity index (χ3v) is 3.25. The number of carbonyl (C=O) groups is 2. The molecule has 0 bridgehead atoms. The molecular formula is C19H31NO4. The van der Waals surface area contributed by atoms with Gasteiger partial charge in [-0.1, -0.05) is 52.0 Å². The monoisotopic (exact) mass is 337 g/mol. The fourth-order valence-corrected chi connectivity index (χ4v) is 2.04. The van der Waals surface area contributed by atoms with Crippen molar-refractivity contribution in [2.24, 2.45) is 0 Å². The second-order valence-electron chi connectivity index (χ2n) is 5.57. The lowest BCUT2D eigenvalue weighted by atomic mass is 10.1. The molecule has 5 nitrogen and oxygen atoms in total. The van der Waals surface area contributed by atoms with Crippen LogP contribution in [0.25, 0.3) is 0 Å². The first-order chi connectivity index (χ1) is 11.4. The number of ether oxygens (including phenoxy) is 1. The molecule has 1 rings (SSSR count). The Morgan fingerprint density at radius 3 is 2.17 bits per heavy atom. The summed E-state index contributed by atoms with van der Waals surface area (Å²) in [7, 11) is 0. The quantitative estimate of drug-likeness (QED) is 0.543. The Kier molecular flexibility index (Phi) is 12.3. The van der Waals surface area contributed by atoms with Crippen molar-refractivity contribution in [3.63, 3.8) is 0 Å². The minimum atomic E-state index is -0.393. The summed E-state index contributed by atoms with van der Waals surface area (Å²) in [6.45, 7) is 7.90. The Morgan fingerprint density at radius 1 is 1.08 bits per heavy atom. The Hall–Kier alpha value is -2.04. The van der Waals surface area contributed by atoms with E-state index in [1.165, 1.54) is 45.1 Å². The molecule has 1 aromatic carbocycles. The first-order valence-electron chi connectivity index (χ1n) is 8.69. The van der Waals surface area contributed by atoms with Gasteiger partial charge in [-0.3, -0.25) is 9.59 Å². The zero-order chi connectivity index (χ0) is 18.4. The SMILES string of the molecule is CCCCCCC.CCOC(=O)Cc1ccc(NC(C)=O)cc1O. The zero-order valence-corrected chi connectivity index (χ0v) is 15.4. The number of carbonyl (C=O) groups excluding carboxylic acids is 2. The molecule has 0 atom stereocenters. The normalized spacial score (nSPS) is 9.67. The summed E-state index contributed by atoms with van der Waals surface area (Å²) in [5.41, 5.74) is 0.958. The molecule has 2 N–H and O–H groups in total. The molecule has 0 aliphatic heterocycles. The van der Waals surface area contributed by atoms with Crippen molar-refractivity contribution >= 4 is 17.6 Å². The average Bonchev–Trinajstić information content (AvgIpc) is 2.51. The number of phenols is 1. The second kappa shape index (κ2) is 13.4. The van der Waals surface area contributed by atoms with Crippen molar-refractivity contribution in [2.45, 2.75) is 66.2 Å². The van der Waals surface area contributed by atoms with Crippen LogP contribution >= 0.6 is 0 Å². The number of unbranched alkanes of at least 4 members (excludes halogenated alkanes) is 4. The smallest absolute Gasteiger partial charge is 0.310 e. The van der Waals surface area contributed by atoms with Crippen LogP contribution in [0, 0.1) is 0 Å². The lowest BCUT2D eigenvalue weighted by Crippen LogP contribution is -2.08. The molecule has 0 radical (unpaired) electrons. The number of rotatable bonds is 8. The third kappa shape index (κ3) is 10.6. The van der Waals surface area contributed by atoms with Crippen LogP contribution in [-0.2, 0) is 20.7 Å². The van der Waals surface area contributed by atoms with Crippen molar-refractivity contribution in [3.05, 3.63) is 23.8 Å². The van der Waals surface area contributed by atoms with Gasteiger partial charge in [-0.2, -0.15) is 0 Å². The second-order valence-corrected chi connectivity index (χ2v) is 5.57. The van der Waals surface area contributed by atoms with Gasteiger partial charge in [0.1, 0.15) is 5.75 Å². The van der Waals surface area contributed by atoms with Gasteiger partial charge in [0, 0.05) is 24.2 Å². The van der Waals surface area contributed by atoms with Gasteiger partial charge in [0.2, 0.25) is 5.91 Å². The predicted octanol–water partition coefficient (Wildman–Crippen LogP) is 4.43. The summed E-state index contributed by atoms with van der Waals surface area (Å²) in [5.74, 6) is -0.651. The highest BCUT2D eigenvalue weighted by Crippen LogP contribution is 2.22. The Morgan fingerprint density at radius 2 is 1.71 bits per heavy atom. The molecule has 0 saturated heterocycles. The molecule has 0 spiro atoms.